The molecular formula is C25H22F4N4O2. The lowest BCUT2D eigenvalue weighted by Gasteiger charge is -2.31. The third kappa shape index (κ3) is 3.79. The number of aromatic nitrogens is 3. The number of fused-ring (bicyclic) bond motifs is 2. The third-order valence-electron chi connectivity index (χ3n) is 6.82. The largest absolute Gasteiger partial charge is 0.359 e. The molecule has 0 N–H and O–H groups in total. The summed E-state index contributed by atoms with van der Waals surface area (Å²) in [7, 11) is 3.01. The topological polar surface area (TPSA) is 73.0 Å². The van der Waals surface area contributed by atoms with Crippen LogP contribution in [0.3, 0.4) is 0 Å². The quantitative estimate of drug-likeness (QED) is 0.362. The number of alkyl halides is 3. The average Bonchev–Trinajstić information content (AvgIpc) is 3.36. The van der Waals surface area contributed by atoms with Crippen LogP contribution in [-0.4, -0.2) is 34.6 Å². The van der Waals surface area contributed by atoms with Gasteiger partial charge in [-0.05, 0) is 47.2 Å². The fraction of sp³-hybridized carbons (Fsp3) is 0.400. The predicted molar refractivity (Wildman–Crippen MR) is 117 cm³/mol. The molecule has 3 atom stereocenters. The van der Waals surface area contributed by atoms with Gasteiger partial charge in [0.05, 0.1) is 11.6 Å². The molecule has 6 nitrogen and oxygen atoms in total. The fourth-order valence-corrected chi connectivity index (χ4v) is 5.42. The molecule has 5 rings (SSSR count). The highest BCUT2D eigenvalue weighted by Gasteiger charge is 2.52. The maximum absolute atomic E-state index is 15.4. The van der Waals surface area contributed by atoms with Crippen LogP contribution in [0.2, 0.25) is 0 Å². The van der Waals surface area contributed by atoms with Gasteiger partial charge in [-0.15, -0.1) is 0 Å². The van der Waals surface area contributed by atoms with E-state index >= 15 is 8.78 Å². The molecule has 0 bridgehead atoms. The number of halogens is 4. The van der Waals surface area contributed by atoms with E-state index in [4.69, 9.17) is 9.47 Å². The van der Waals surface area contributed by atoms with E-state index in [0.29, 0.717) is 34.5 Å². The maximum Gasteiger partial charge on any atom is 0.281 e. The van der Waals surface area contributed by atoms with E-state index in [1.54, 1.807) is 19.2 Å². The number of nitrogens with zero attached hydrogens (tertiary/aromatic N) is 4. The number of benzene rings is 2. The van der Waals surface area contributed by atoms with Crippen molar-refractivity contribution in [3.05, 3.63) is 69.8 Å². The second-order valence-corrected chi connectivity index (χ2v) is 8.86. The van der Waals surface area contributed by atoms with Gasteiger partial charge < -0.3 is 9.47 Å². The van der Waals surface area contributed by atoms with Crippen molar-refractivity contribution >= 4 is 0 Å². The minimum absolute atomic E-state index is 0.00965. The standard InChI is InChI=1S/C25H22F4N4O2/c1-33-24(31-11-32-33)17-4-3-15(19-9-25(28,29)23(22(17)19)35-12-34-2)16-5-6-20(27)18-8-14(26)7-13(10-30)21(16)18/h3-4,7-8,11,16,20,23H,5-6,9,12H2,1-2H3/t16-,20+,23+/m1/s1. The molecule has 0 unspecified atom stereocenters. The number of hydrogen-bond acceptors (Lipinski definition) is 5. The minimum Gasteiger partial charge on any atom is -0.359 e. The Labute approximate surface area is 199 Å². The normalized spacial score (nSPS) is 22.5. The number of ether oxygens (including phenoxy) is 2. The Morgan fingerprint density at radius 3 is 2.69 bits per heavy atom. The molecule has 35 heavy (non-hydrogen) atoms. The van der Waals surface area contributed by atoms with Gasteiger partial charge in [0.1, 0.15) is 25.1 Å². The summed E-state index contributed by atoms with van der Waals surface area (Å²) in [6.07, 6.45) is -1.92. The van der Waals surface area contributed by atoms with Crippen molar-refractivity contribution in [3.63, 3.8) is 0 Å². The van der Waals surface area contributed by atoms with E-state index in [0.717, 1.165) is 12.1 Å². The molecule has 0 saturated heterocycles. The van der Waals surface area contributed by atoms with Crippen LogP contribution >= 0.6 is 0 Å². The highest BCUT2D eigenvalue weighted by molar-refractivity contribution is 5.68. The summed E-state index contributed by atoms with van der Waals surface area (Å²) >= 11 is 0. The van der Waals surface area contributed by atoms with Crippen LogP contribution in [0.1, 0.15) is 64.4 Å². The van der Waals surface area contributed by atoms with Crippen LogP contribution in [-0.2, 0) is 22.9 Å². The molecule has 1 aromatic heterocycles. The van der Waals surface area contributed by atoms with Gasteiger partial charge in [-0.2, -0.15) is 10.4 Å². The first kappa shape index (κ1) is 23.5. The summed E-state index contributed by atoms with van der Waals surface area (Å²) in [5.41, 5.74) is 2.08. The molecular weight excluding hydrogens is 464 g/mol. The minimum atomic E-state index is -3.24. The molecule has 0 aliphatic heterocycles. The van der Waals surface area contributed by atoms with Gasteiger partial charge in [0.2, 0.25) is 0 Å². The van der Waals surface area contributed by atoms with Crippen molar-refractivity contribution in [2.24, 2.45) is 7.05 Å². The lowest BCUT2D eigenvalue weighted by Crippen LogP contribution is -2.25. The molecule has 0 fully saturated rings. The van der Waals surface area contributed by atoms with Crippen LogP contribution < -0.4 is 0 Å². The highest BCUT2D eigenvalue weighted by Crippen LogP contribution is 2.54. The van der Waals surface area contributed by atoms with Gasteiger partial charge in [-0.1, -0.05) is 12.1 Å². The van der Waals surface area contributed by atoms with Crippen LogP contribution in [0.25, 0.3) is 11.4 Å². The second kappa shape index (κ2) is 8.73. The van der Waals surface area contributed by atoms with Crippen molar-refractivity contribution in [1.29, 1.82) is 5.26 Å². The fourth-order valence-electron chi connectivity index (χ4n) is 5.42. The van der Waals surface area contributed by atoms with Crippen LogP contribution in [0.5, 0.6) is 0 Å². The van der Waals surface area contributed by atoms with Crippen LogP contribution in [0.15, 0.2) is 30.6 Å². The van der Waals surface area contributed by atoms with Gasteiger partial charge >= 0.3 is 0 Å². The molecule has 0 amide bonds. The Bertz CT molecular complexity index is 1330. The number of hydrogen-bond donors (Lipinski definition) is 0. The summed E-state index contributed by atoms with van der Waals surface area (Å²) in [6.45, 7) is -0.337. The molecule has 1 heterocycles. The Kier molecular flexibility index (Phi) is 5.85. The Hall–Kier alpha value is -3.29. The zero-order chi connectivity index (χ0) is 24.9. The Balaban J connectivity index is 1.75. The van der Waals surface area contributed by atoms with Crippen molar-refractivity contribution < 1.29 is 27.0 Å². The lowest BCUT2D eigenvalue weighted by atomic mass is 9.74. The molecule has 0 spiro atoms. The maximum atomic E-state index is 15.4. The van der Waals surface area contributed by atoms with Gasteiger partial charge in [0.25, 0.3) is 5.92 Å². The van der Waals surface area contributed by atoms with E-state index in [9.17, 15) is 14.0 Å². The Morgan fingerprint density at radius 1 is 1.20 bits per heavy atom. The zero-order valence-corrected chi connectivity index (χ0v) is 19.1. The zero-order valence-electron chi connectivity index (χ0n) is 19.1. The molecule has 182 valence electrons. The highest BCUT2D eigenvalue weighted by atomic mass is 19.3. The molecule has 2 aliphatic carbocycles. The number of methoxy groups -OCH3 is 1. The first-order valence-corrected chi connectivity index (χ1v) is 11.1. The summed E-state index contributed by atoms with van der Waals surface area (Å²) in [5.74, 6) is -4.10. The van der Waals surface area contributed by atoms with Gasteiger partial charge in [-0.3, -0.25) is 0 Å². The van der Waals surface area contributed by atoms with E-state index in [1.807, 2.05) is 6.07 Å². The summed E-state index contributed by atoms with van der Waals surface area (Å²) < 4.78 is 71.5. The third-order valence-corrected chi connectivity index (χ3v) is 6.82. The van der Waals surface area contributed by atoms with Crippen molar-refractivity contribution in [1.82, 2.24) is 14.8 Å². The molecule has 10 heteroatoms. The van der Waals surface area contributed by atoms with Crippen molar-refractivity contribution in [2.75, 3.05) is 13.9 Å². The second-order valence-electron chi connectivity index (χ2n) is 8.86. The number of rotatable bonds is 5. The van der Waals surface area contributed by atoms with Crippen molar-refractivity contribution in [2.45, 2.75) is 43.4 Å². The molecule has 2 aromatic carbocycles. The van der Waals surface area contributed by atoms with E-state index < -0.39 is 36.4 Å². The summed E-state index contributed by atoms with van der Waals surface area (Å²) in [4.78, 5) is 4.24. The number of aryl methyl sites for hydroxylation is 1. The number of nitriles is 1. The first-order valence-electron chi connectivity index (χ1n) is 11.1. The van der Waals surface area contributed by atoms with Gasteiger partial charge in [-0.25, -0.2) is 27.2 Å². The lowest BCUT2D eigenvalue weighted by molar-refractivity contribution is -0.169. The Morgan fingerprint density at radius 2 is 2.00 bits per heavy atom. The summed E-state index contributed by atoms with van der Waals surface area (Å²) in [6, 6.07) is 7.52. The predicted octanol–water partition coefficient (Wildman–Crippen LogP) is 5.28. The van der Waals surface area contributed by atoms with Crippen molar-refractivity contribution in [3.8, 4) is 17.5 Å². The van der Waals surface area contributed by atoms with Gasteiger partial charge in [0.15, 0.2) is 11.9 Å². The molecule has 2 aliphatic rings. The average molecular weight is 486 g/mol. The molecule has 0 saturated carbocycles. The van der Waals surface area contributed by atoms with Crippen LogP contribution in [0.4, 0.5) is 17.6 Å². The van der Waals surface area contributed by atoms with Crippen LogP contribution in [0, 0.1) is 17.1 Å². The molecule has 0 radical (unpaired) electrons. The monoisotopic (exact) mass is 486 g/mol. The van der Waals surface area contributed by atoms with E-state index in [-0.39, 0.29) is 29.9 Å². The van der Waals surface area contributed by atoms with E-state index in [1.165, 1.54) is 18.1 Å². The smallest absolute Gasteiger partial charge is 0.281 e. The van der Waals surface area contributed by atoms with E-state index in [2.05, 4.69) is 10.1 Å². The van der Waals surface area contributed by atoms with Gasteiger partial charge in [0, 0.05) is 37.6 Å². The SMILES string of the molecule is COCO[C@H]1c2c(-c3ncnn3C)ccc([C@H]3CC[C@H](F)c4cc(F)cc(C#N)c43)c2CC1(F)F. The summed E-state index contributed by atoms with van der Waals surface area (Å²) in [5, 5.41) is 13.7. The first-order chi connectivity index (χ1) is 16.8. The molecule has 3 aromatic rings.